The molecule has 0 N–H and O–H groups in total. The van der Waals surface area contributed by atoms with Crippen molar-refractivity contribution < 1.29 is 14.3 Å². The van der Waals surface area contributed by atoms with Gasteiger partial charge in [-0.3, -0.25) is 4.79 Å². The maximum atomic E-state index is 11.6. The third kappa shape index (κ3) is 11.9. The number of ketones is 1. The molecule has 0 aliphatic heterocycles. The van der Waals surface area contributed by atoms with Crippen LogP contribution in [-0.2, 0) is 14.3 Å². The lowest BCUT2D eigenvalue weighted by atomic mass is 9.89. The van der Waals surface area contributed by atoms with Crippen LogP contribution in [-0.4, -0.2) is 32.2 Å². The average molecular weight is 268 g/mol. The van der Waals surface area contributed by atoms with Crippen molar-refractivity contribution in [2.75, 3.05) is 26.4 Å². The Balaban J connectivity index is 3.47. The van der Waals surface area contributed by atoms with Crippen molar-refractivity contribution in [1.29, 1.82) is 0 Å². The molecule has 0 aromatic heterocycles. The summed E-state index contributed by atoms with van der Waals surface area (Å²) in [5.41, 5.74) is -0.254. The molecular weight excluding hydrogens is 240 g/mol. The zero-order valence-corrected chi connectivity index (χ0v) is 13.3. The lowest BCUT2D eigenvalue weighted by Gasteiger charge is -2.16. The molecule has 0 atom stereocenters. The topological polar surface area (TPSA) is 35.5 Å². The summed E-state index contributed by atoms with van der Waals surface area (Å²) in [7, 11) is 0. The Labute approximate surface area is 118 Å². The fraction of sp³-hybridized carbons (Fsp3) is 0.812. The normalized spacial score (nSPS) is 11.9. The molecule has 0 aromatic carbocycles. The van der Waals surface area contributed by atoms with Crippen molar-refractivity contribution >= 4 is 5.78 Å². The minimum Gasteiger partial charge on any atom is -0.379 e. The first-order valence-electron chi connectivity index (χ1n) is 6.82. The van der Waals surface area contributed by atoms with Crippen molar-refractivity contribution in [3.8, 4) is 11.8 Å². The molecule has 0 amide bonds. The molecule has 110 valence electrons. The molecule has 0 bridgehead atoms. The Bertz CT molecular complexity index is 321. The van der Waals surface area contributed by atoms with Gasteiger partial charge in [-0.1, -0.05) is 32.6 Å². The first-order valence-corrected chi connectivity index (χ1v) is 6.82. The molecule has 0 rings (SSSR count). The summed E-state index contributed by atoms with van der Waals surface area (Å²) in [6.45, 7) is 13.9. The molecule has 0 spiro atoms. The maximum absolute atomic E-state index is 11.6. The Hall–Kier alpha value is -0.850. The fourth-order valence-electron chi connectivity index (χ4n) is 1.18. The van der Waals surface area contributed by atoms with Crippen LogP contribution in [0.1, 0.15) is 48.0 Å². The van der Waals surface area contributed by atoms with Crippen LogP contribution in [0, 0.1) is 22.7 Å². The molecule has 0 aromatic rings. The molecule has 0 radical (unpaired) electrons. The summed E-state index contributed by atoms with van der Waals surface area (Å²) >= 11 is 0. The van der Waals surface area contributed by atoms with Crippen molar-refractivity contribution in [3.05, 3.63) is 0 Å². The van der Waals surface area contributed by atoms with Crippen LogP contribution in [0.5, 0.6) is 0 Å². The third-order valence-corrected chi connectivity index (χ3v) is 2.32. The van der Waals surface area contributed by atoms with Gasteiger partial charge >= 0.3 is 0 Å². The van der Waals surface area contributed by atoms with E-state index in [-0.39, 0.29) is 16.6 Å². The molecule has 0 aliphatic rings. The number of ether oxygens (including phenoxy) is 2. The second kappa shape index (κ2) is 8.35. The molecule has 0 saturated carbocycles. The Morgan fingerprint density at radius 2 is 1.53 bits per heavy atom. The van der Waals surface area contributed by atoms with Gasteiger partial charge < -0.3 is 9.47 Å². The lowest BCUT2D eigenvalue weighted by molar-refractivity contribution is -0.127. The average Bonchev–Trinajstić information content (AvgIpc) is 2.23. The summed E-state index contributed by atoms with van der Waals surface area (Å²) in [6.07, 6.45) is 0.466. The van der Waals surface area contributed by atoms with Crippen molar-refractivity contribution in [1.82, 2.24) is 0 Å². The smallest absolute Gasteiger partial charge is 0.140 e. The highest BCUT2D eigenvalue weighted by Gasteiger charge is 2.20. The number of carbonyl (C=O) groups excluding carboxylic acids is 1. The van der Waals surface area contributed by atoms with Gasteiger partial charge in [0, 0.05) is 17.3 Å². The van der Waals surface area contributed by atoms with Crippen LogP contribution in [0.3, 0.4) is 0 Å². The molecule has 0 fully saturated rings. The van der Waals surface area contributed by atoms with Crippen LogP contribution in [0.25, 0.3) is 0 Å². The van der Waals surface area contributed by atoms with Gasteiger partial charge in [-0.05, 0) is 20.8 Å². The van der Waals surface area contributed by atoms with Crippen LogP contribution >= 0.6 is 0 Å². The maximum Gasteiger partial charge on any atom is 0.140 e. The van der Waals surface area contributed by atoms with Gasteiger partial charge in [0.15, 0.2) is 0 Å². The standard InChI is InChI=1S/C16H28O3/c1-15(2,3)9-7-10-18-12-13-19-11-8-14(17)16(4,5)6/h8,10-13H2,1-6H3. The molecular formula is C16H28O3. The van der Waals surface area contributed by atoms with Gasteiger partial charge in [-0.25, -0.2) is 0 Å². The van der Waals surface area contributed by atoms with E-state index < -0.39 is 0 Å². The molecule has 3 heteroatoms. The number of rotatable bonds is 7. The number of hydrogen-bond donors (Lipinski definition) is 0. The van der Waals surface area contributed by atoms with Gasteiger partial charge in [0.05, 0.1) is 19.8 Å². The van der Waals surface area contributed by atoms with Crippen LogP contribution < -0.4 is 0 Å². The summed E-state index contributed by atoms with van der Waals surface area (Å²) in [5, 5.41) is 0. The van der Waals surface area contributed by atoms with Crippen molar-refractivity contribution in [3.63, 3.8) is 0 Å². The Morgan fingerprint density at radius 1 is 0.947 bits per heavy atom. The highest BCUT2D eigenvalue weighted by Crippen LogP contribution is 2.16. The molecule has 0 aliphatic carbocycles. The molecule has 0 heterocycles. The highest BCUT2D eigenvalue weighted by atomic mass is 16.5. The summed E-state index contributed by atoms with van der Waals surface area (Å²) in [6, 6.07) is 0. The molecule has 0 saturated heterocycles. The summed E-state index contributed by atoms with van der Waals surface area (Å²) < 4.78 is 10.7. The van der Waals surface area contributed by atoms with Crippen molar-refractivity contribution in [2.45, 2.75) is 48.0 Å². The monoisotopic (exact) mass is 268 g/mol. The van der Waals surface area contributed by atoms with Gasteiger partial charge in [0.2, 0.25) is 0 Å². The predicted octanol–water partition coefficient (Wildman–Crippen LogP) is 3.07. The van der Waals surface area contributed by atoms with Crippen LogP contribution in [0.4, 0.5) is 0 Å². The van der Waals surface area contributed by atoms with Crippen LogP contribution in [0.2, 0.25) is 0 Å². The predicted molar refractivity (Wildman–Crippen MR) is 77.9 cm³/mol. The molecule has 0 unspecified atom stereocenters. The zero-order valence-electron chi connectivity index (χ0n) is 13.3. The molecule has 3 nitrogen and oxygen atoms in total. The van der Waals surface area contributed by atoms with E-state index >= 15 is 0 Å². The van der Waals surface area contributed by atoms with Crippen molar-refractivity contribution in [2.24, 2.45) is 10.8 Å². The van der Waals surface area contributed by atoms with E-state index in [0.717, 1.165) is 0 Å². The minimum absolute atomic E-state index is 0.0210. The highest BCUT2D eigenvalue weighted by molar-refractivity contribution is 5.83. The second-order valence-electron chi connectivity index (χ2n) is 6.64. The summed E-state index contributed by atoms with van der Waals surface area (Å²) in [4.78, 5) is 11.6. The number of carbonyl (C=O) groups is 1. The van der Waals surface area contributed by atoms with Crippen LogP contribution in [0.15, 0.2) is 0 Å². The van der Waals surface area contributed by atoms with Gasteiger partial charge in [0.1, 0.15) is 12.4 Å². The quantitative estimate of drug-likeness (QED) is 0.526. The van der Waals surface area contributed by atoms with E-state index in [9.17, 15) is 4.79 Å². The van der Waals surface area contributed by atoms with Gasteiger partial charge in [0.25, 0.3) is 0 Å². The SMILES string of the molecule is CC(C)(C)C#CCOCCOCCC(=O)C(C)(C)C. The lowest BCUT2D eigenvalue weighted by Crippen LogP contribution is -2.21. The number of hydrogen-bond acceptors (Lipinski definition) is 3. The van der Waals surface area contributed by atoms with Gasteiger partial charge in [-0.2, -0.15) is 0 Å². The minimum atomic E-state index is -0.275. The summed E-state index contributed by atoms with van der Waals surface area (Å²) in [5.74, 6) is 6.29. The first-order chi connectivity index (χ1) is 8.63. The largest absolute Gasteiger partial charge is 0.379 e. The zero-order chi connectivity index (χ0) is 14.9. The first kappa shape index (κ1) is 18.1. The van der Waals surface area contributed by atoms with E-state index in [4.69, 9.17) is 9.47 Å². The Kier molecular flexibility index (Phi) is 7.97. The Morgan fingerprint density at radius 3 is 2.05 bits per heavy atom. The van der Waals surface area contributed by atoms with E-state index in [1.54, 1.807) is 0 Å². The van der Waals surface area contributed by atoms with Gasteiger partial charge in [-0.15, -0.1) is 0 Å². The third-order valence-electron chi connectivity index (χ3n) is 2.32. The van der Waals surface area contributed by atoms with E-state index in [1.165, 1.54) is 0 Å². The second-order valence-corrected chi connectivity index (χ2v) is 6.64. The van der Waals surface area contributed by atoms with E-state index in [2.05, 4.69) is 32.6 Å². The number of Topliss-reactive ketones (excluding diaryl/α,β-unsaturated/α-hetero) is 1. The van der Waals surface area contributed by atoms with E-state index in [0.29, 0.717) is 32.8 Å². The molecule has 19 heavy (non-hydrogen) atoms. The fourth-order valence-corrected chi connectivity index (χ4v) is 1.18. The van der Waals surface area contributed by atoms with E-state index in [1.807, 2.05) is 20.8 Å².